The summed E-state index contributed by atoms with van der Waals surface area (Å²) in [6.07, 6.45) is 0. The van der Waals surface area contributed by atoms with Crippen LogP contribution < -0.4 is 13.9 Å². The molecule has 3 aromatic carbocycles. The highest BCUT2D eigenvalue weighted by Gasteiger charge is 2.31. The molecule has 0 radical (unpaired) electrons. The fourth-order valence-electron chi connectivity index (χ4n) is 4.05. The quantitative estimate of drug-likeness (QED) is 0.474. The number of sulfonamides is 1. The number of anilines is 2. The molecule has 1 saturated heterocycles. The Kier molecular flexibility index (Phi) is 7.55. The van der Waals surface area contributed by atoms with Crippen LogP contribution in [-0.2, 0) is 14.8 Å². The molecule has 3 aromatic rings. The van der Waals surface area contributed by atoms with Gasteiger partial charge in [-0.2, -0.15) is 0 Å². The summed E-state index contributed by atoms with van der Waals surface area (Å²) in [5.74, 6) is -0.201. The van der Waals surface area contributed by atoms with E-state index in [1.807, 2.05) is 6.92 Å². The summed E-state index contributed by atoms with van der Waals surface area (Å²) in [5.41, 5.74) is 1.20. The van der Waals surface area contributed by atoms with Crippen molar-refractivity contribution >= 4 is 27.3 Å². The Labute approximate surface area is 205 Å². The van der Waals surface area contributed by atoms with Crippen LogP contribution in [0, 0.1) is 5.82 Å². The third-order valence-corrected chi connectivity index (χ3v) is 7.64. The van der Waals surface area contributed by atoms with E-state index in [-0.39, 0.29) is 23.2 Å². The Bertz CT molecular complexity index is 1250. The molecule has 1 aliphatic rings. The number of para-hydroxylation sites is 2. The first-order valence-electron chi connectivity index (χ1n) is 11.5. The minimum absolute atomic E-state index is 0.0974. The van der Waals surface area contributed by atoms with Gasteiger partial charge in [0, 0.05) is 31.9 Å². The second kappa shape index (κ2) is 10.8. The fourth-order valence-corrected chi connectivity index (χ4v) is 5.49. The van der Waals surface area contributed by atoms with Crippen LogP contribution in [-0.4, -0.2) is 58.6 Å². The Hall–Kier alpha value is -3.59. The molecule has 7 nitrogen and oxygen atoms in total. The normalized spacial score (nSPS) is 14.0. The van der Waals surface area contributed by atoms with Crippen LogP contribution in [0.25, 0.3) is 0 Å². The molecule has 35 heavy (non-hydrogen) atoms. The third-order valence-electron chi connectivity index (χ3n) is 5.87. The van der Waals surface area contributed by atoms with Crippen LogP contribution in [0.3, 0.4) is 0 Å². The fraction of sp³-hybridized carbons (Fsp3) is 0.269. The lowest BCUT2D eigenvalue weighted by atomic mass is 10.2. The molecule has 0 N–H and O–H groups in total. The SMILES string of the molecule is CCOc1ccccc1N(CC(=O)N1CCN(c2ccc(F)cc2)CC1)S(=O)(=O)c1ccccc1. The molecule has 1 amide bonds. The smallest absolute Gasteiger partial charge is 0.264 e. The van der Waals surface area contributed by atoms with Crippen molar-refractivity contribution in [2.24, 2.45) is 0 Å². The van der Waals surface area contributed by atoms with Crippen molar-refractivity contribution < 1.29 is 22.3 Å². The molecule has 0 aliphatic carbocycles. The van der Waals surface area contributed by atoms with Gasteiger partial charge in [-0.1, -0.05) is 30.3 Å². The lowest BCUT2D eigenvalue weighted by Crippen LogP contribution is -2.52. The minimum Gasteiger partial charge on any atom is -0.492 e. The number of carbonyl (C=O) groups excluding carboxylic acids is 1. The molecule has 1 heterocycles. The maximum absolute atomic E-state index is 13.6. The highest BCUT2D eigenvalue weighted by Crippen LogP contribution is 2.32. The Morgan fingerprint density at radius 2 is 1.54 bits per heavy atom. The van der Waals surface area contributed by atoms with Crippen molar-refractivity contribution in [2.45, 2.75) is 11.8 Å². The molecule has 0 aromatic heterocycles. The summed E-state index contributed by atoms with van der Waals surface area (Å²) in [6.45, 7) is 3.83. The van der Waals surface area contributed by atoms with Crippen molar-refractivity contribution in [3.63, 3.8) is 0 Å². The van der Waals surface area contributed by atoms with Crippen molar-refractivity contribution in [1.29, 1.82) is 0 Å². The van der Waals surface area contributed by atoms with Gasteiger partial charge in [-0.25, -0.2) is 12.8 Å². The Morgan fingerprint density at radius 3 is 2.20 bits per heavy atom. The molecule has 0 bridgehead atoms. The average Bonchev–Trinajstić information content (AvgIpc) is 2.89. The summed E-state index contributed by atoms with van der Waals surface area (Å²) >= 11 is 0. The number of hydrogen-bond acceptors (Lipinski definition) is 5. The van der Waals surface area contributed by atoms with Crippen molar-refractivity contribution in [1.82, 2.24) is 4.90 Å². The van der Waals surface area contributed by atoms with E-state index in [0.717, 1.165) is 9.99 Å². The van der Waals surface area contributed by atoms with E-state index < -0.39 is 10.0 Å². The predicted octanol–water partition coefficient (Wildman–Crippen LogP) is 3.77. The zero-order valence-corrected chi connectivity index (χ0v) is 20.3. The maximum Gasteiger partial charge on any atom is 0.264 e. The van der Waals surface area contributed by atoms with Crippen LogP contribution in [0.4, 0.5) is 15.8 Å². The number of halogens is 1. The molecule has 184 valence electrons. The third kappa shape index (κ3) is 5.57. The summed E-state index contributed by atoms with van der Waals surface area (Å²) in [5, 5.41) is 0. The summed E-state index contributed by atoms with van der Waals surface area (Å²) in [7, 11) is -4.03. The van der Waals surface area contributed by atoms with Crippen LogP contribution in [0.15, 0.2) is 83.8 Å². The zero-order chi connectivity index (χ0) is 24.8. The standard InChI is InChI=1S/C26H28FN3O4S/c1-2-34-25-11-7-6-10-24(25)30(35(32,33)23-8-4-3-5-9-23)20-26(31)29-18-16-28(17-19-29)22-14-12-21(27)13-15-22/h3-15H,2,16-20H2,1H3. The van der Waals surface area contributed by atoms with Gasteiger partial charge in [-0.05, 0) is 55.5 Å². The number of ether oxygens (including phenoxy) is 1. The van der Waals surface area contributed by atoms with E-state index >= 15 is 0 Å². The number of amides is 1. The summed E-state index contributed by atoms with van der Waals surface area (Å²) < 4.78 is 47.3. The van der Waals surface area contributed by atoms with E-state index in [0.29, 0.717) is 44.2 Å². The van der Waals surface area contributed by atoms with E-state index in [4.69, 9.17) is 4.74 Å². The second-order valence-corrected chi connectivity index (χ2v) is 9.93. The topological polar surface area (TPSA) is 70.2 Å². The number of nitrogens with zero attached hydrogens (tertiary/aromatic N) is 3. The first-order chi connectivity index (χ1) is 16.9. The van der Waals surface area contributed by atoms with E-state index in [1.54, 1.807) is 59.5 Å². The molecule has 0 saturated carbocycles. The van der Waals surface area contributed by atoms with Crippen molar-refractivity contribution in [3.8, 4) is 5.75 Å². The number of benzene rings is 3. The van der Waals surface area contributed by atoms with Crippen LogP contribution in [0.1, 0.15) is 6.92 Å². The lowest BCUT2D eigenvalue weighted by molar-refractivity contribution is -0.129. The molecular weight excluding hydrogens is 469 g/mol. The maximum atomic E-state index is 13.6. The molecule has 0 atom stereocenters. The number of hydrogen-bond donors (Lipinski definition) is 0. The molecule has 1 fully saturated rings. The summed E-state index contributed by atoms with van der Waals surface area (Å²) in [4.78, 5) is 17.2. The van der Waals surface area contributed by atoms with Gasteiger partial charge in [0.25, 0.3) is 10.0 Å². The van der Waals surface area contributed by atoms with Crippen LogP contribution >= 0.6 is 0 Å². The van der Waals surface area contributed by atoms with Gasteiger partial charge in [0.15, 0.2) is 0 Å². The van der Waals surface area contributed by atoms with Gasteiger partial charge in [0.2, 0.25) is 5.91 Å². The van der Waals surface area contributed by atoms with Crippen LogP contribution in [0.2, 0.25) is 0 Å². The molecule has 1 aliphatic heterocycles. The highest BCUT2D eigenvalue weighted by atomic mass is 32.2. The van der Waals surface area contributed by atoms with E-state index in [9.17, 15) is 17.6 Å². The molecule has 4 rings (SSSR count). The molecule has 0 unspecified atom stereocenters. The monoisotopic (exact) mass is 497 g/mol. The van der Waals surface area contributed by atoms with Gasteiger partial charge >= 0.3 is 0 Å². The zero-order valence-electron chi connectivity index (χ0n) is 19.5. The van der Waals surface area contributed by atoms with Gasteiger partial charge in [0.1, 0.15) is 18.1 Å². The minimum atomic E-state index is -4.03. The van der Waals surface area contributed by atoms with Crippen molar-refractivity contribution in [3.05, 3.63) is 84.7 Å². The molecular formula is C26H28FN3O4S. The van der Waals surface area contributed by atoms with E-state index in [1.165, 1.54) is 24.3 Å². The number of rotatable bonds is 8. The average molecular weight is 498 g/mol. The van der Waals surface area contributed by atoms with E-state index in [2.05, 4.69) is 4.90 Å². The molecule has 0 spiro atoms. The predicted molar refractivity (Wildman–Crippen MR) is 134 cm³/mol. The second-order valence-electron chi connectivity index (χ2n) is 8.07. The van der Waals surface area contributed by atoms with Crippen LogP contribution in [0.5, 0.6) is 5.75 Å². The lowest BCUT2D eigenvalue weighted by Gasteiger charge is -2.37. The highest BCUT2D eigenvalue weighted by molar-refractivity contribution is 7.92. The largest absolute Gasteiger partial charge is 0.492 e. The number of carbonyl (C=O) groups is 1. The Balaban J connectivity index is 1.56. The van der Waals surface area contributed by atoms with Gasteiger partial charge in [0.05, 0.1) is 17.2 Å². The number of piperazine rings is 1. The first kappa shape index (κ1) is 24.5. The first-order valence-corrected chi connectivity index (χ1v) is 12.9. The van der Waals surface area contributed by atoms with Gasteiger partial charge in [-0.3, -0.25) is 9.10 Å². The van der Waals surface area contributed by atoms with Gasteiger partial charge < -0.3 is 14.5 Å². The van der Waals surface area contributed by atoms with Crippen molar-refractivity contribution in [2.75, 3.05) is 48.5 Å². The van der Waals surface area contributed by atoms with Gasteiger partial charge in [-0.15, -0.1) is 0 Å². The Morgan fingerprint density at radius 1 is 0.914 bits per heavy atom. The molecule has 9 heteroatoms. The summed E-state index contributed by atoms with van der Waals surface area (Å²) in [6, 6.07) is 21.1.